The summed E-state index contributed by atoms with van der Waals surface area (Å²) in [6.45, 7) is 6.71. The summed E-state index contributed by atoms with van der Waals surface area (Å²) in [5, 5.41) is 12.2. The fraction of sp³-hybridized carbons (Fsp3) is 0.667. The van der Waals surface area contributed by atoms with Crippen molar-refractivity contribution in [3.8, 4) is 0 Å². The maximum absolute atomic E-state index is 11.9. The molecule has 1 amide bonds. The topological polar surface area (TPSA) is 128 Å². The van der Waals surface area contributed by atoms with Crippen molar-refractivity contribution in [3.63, 3.8) is 0 Å². The van der Waals surface area contributed by atoms with Crippen LogP contribution in [-0.4, -0.2) is 47.4 Å². The van der Waals surface area contributed by atoms with Crippen molar-refractivity contribution in [2.45, 2.75) is 57.9 Å². The second-order valence-electron chi connectivity index (χ2n) is 5.98. The molecule has 0 saturated carbocycles. The van der Waals surface area contributed by atoms with Crippen molar-refractivity contribution in [2.75, 3.05) is 7.11 Å². The highest BCUT2D eigenvalue weighted by molar-refractivity contribution is 5.92. The van der Waals surface area contributed by atoms with Gasteiger partial charge in [-0.1, -0.05) is 13.0 Å². The van der Waals surface area contributed by atoms with Gasteiger partial charge in [0.05, 0.1) is 7.11 Å². The zero-order valence-corrected chi connectivity index (χ0v) is 14.2. The molecule has 8 heteroatoms. The minimum Gasteiger partial charge on any atom is -0.466 e. The highest BCUT2D eigenvalue weighted by Gasteiger charge is 2.45. The normalized spacial score (nSPS) is 15.6. The molecular formula is C15H26N2O6. The summed E-state index contributed by atoms with van der Waals surface area (Å²) in [6, 6.07) is 0. The number of rotatable bonds is 7. The fourth-order valence-corrected chi connectivity index (χ4v) is 1.58. The molecule has 0 rings (SSSR count). The summed E-state index contributed by atoms with van der Waals surface area (Å²) in [5.41, 5.74) is 2.65. The van der Waals surface area contributed by atoms with E-state index >= 15 is 0 Å². The Bertz CT molecular complexity index is 469. The average Bonchev–Trinajstić information content (AvgIpc) is 2.41. The quantitative estimate of drug-likeness (QED) is 0.355. The van der Waals surface area contributed by atoms with Gasteiger partial charge in [-0.2, -0.15) is 0 Å². The van der Waals surface area contributed by atoms with Crippen molar-refractivity contribution in [2.24, 2.45) is 5.73 Å². The van der Waals surface area contributed by atoms with Crippen LogP contribution in [0.15, 0.2) is 12.2 Å². The van der Waals surface area contributed by atoms with Gasteiger partial charge < -0.3 is 14.6 Å². The Balaban J connectivity index is 5.17. The first-order chi connectivity index (χ1) is 10.5. The molecule has 0 aromatic carbocycles. The van der Waals surface area contributed by atoms with Crippen molar-refractivity contribution in [3.05, 3.63) is 12.2 Å². The zero-order chi connectivity index (χ0) is 18.3. The van der Waals surface area contributed by atoms with Crippen LogP contribution in [0.2, 0.25) is 0 Å². The van der Waals surface area contributed by atoms with E-state index in [1.165, 1.54) is 6.08 Å². The van der Waals surface area contributed by atoms with E-state index in [0.29, 0.717) is 6.42 Å². The van der Waals surface area contributed by atoms with Crippen LogP contribution in [0, 0.1) is 0 Å². The van der Waals surface area contributed by atoms with Gasteiger partial charge in [-0.05, 0) is 33.3 Å². The van der Waals surface area contributed by atoms with Gasteiger partial charge in [0.25, 0.3) is 0 Å². The van der Waals surface area contributed by atoms with Gasteiger partial charge >= 0.3 is 12.1 Å². The predicted octanol–water partition coefficient (Wildman–Crippen LogP) is 0.625. The number of ether oxygens (including phenoxy) is 2. The smallest absolute Gasteiger partial charge is 0.409 e. The molecule has 0 aromatic rings. The molecule has 0 aromatic heterocycles. The first-order valence-electron chi connectivity index (χ1n) is 7.22. The molecule has 0 unspecified atom stereocenters. The molecule has 2 atom stereocenters. The number of aliphatic hydroxyl groups is 1. The van der Waals surface area contributed by atoms with E-state index in [1.54, 1.807) is 26.8 Å². The van der Waals surface area contributed by atoms with Gasteiger partial charge in [0.1, 0.15) is 11.7 Å². The SMILES string of the molecule is CCC=CC(=O)C[C@@H](O)[C@](N)(NC(=O)OC(C)(C)C)C(=O)OC. The maximum Gasteiger partial charge on any atom is 0.409 e. The second kappa shape index (κ2) is 8.64. The van der Waals surface area contributed by atoms with Crippen molar-refractivity contribution >= 4 is 17.8 Å². The number of hydrogen-bond acceptors (Lipinski definition) is 7. The summed E-state index contributed by atoms with van der Waals surface area (Å²) >= 11 is 0. The molecule has 0 aliphatic rings. The van der Waals surface area contributed by atoms with E-state index in [0.717, 1.165) is 7.11 Å². The molecule has 0 heterocycles. The van der Waals surface area contributed by atoms with Gasteiger partial charge in [0, 0.05) is 6.42 Å². The number of nitrogens with two attached hydrogens (primary N) is 1. The first kappa shape index (κ1) is 21.1. The summed E-state index contributed by atoms with van der Waals surface area (Å²) in [7, 11) is 1.05. The summed E-state index contributed by atoms with van der Waals surface area (Å²) in [5.74, 6) is -1.54. The van der Waals surface area contributed by atoms with Crippen LogP contribution in [0.3, 0.4) is 0 Å². The van der Waals surface area contributed by atoms with E-state index in [9.17, 15) is 19.5 Å². The number of alkyl carbamates (subject to hydrolysis) is 1. The highest BCUT2D eigenvalue weighted by Crippen LogP contribution is 2.14. The van der Waals surface area contributed by atoms with Crippen LogP contribution in [0.5, 0.6) is 0 Å². The lowest BCUT2D eigenvalue weighted by molar-refractivity contribution is -0.154. The van der Waals surface area contributed by atoms with E-state index in [1.807, 2.05) is 6.92 Å². The van der Waals surface area contributed by atoms with E-state index < -0.39 is 41.6 Å². The summed E-state index contributed by atoms with van der Waals surface area (Å²) in [4.78, 5) is 35.4. The zero-order valence-electron chi connectivity index (χ0n) is 14.2. The molecule has 0 aliphatic heterocycles. The van der Waals surface area contributed by atoms with E-state index in [2.05, 4.69) is 10.1 Å². The van der Waals surface area contributed by atoms with E-state index in [-0.39, 0.29) is 0 Å². The Hall–Kier alpha value is -1.93. The second-order valence-corrected chi connectivity index (χ2v) is 5.98. The van der Waals surface area contributed by atoms with Crippen LogP contribution >= 0.6 is 0 Å². The lowest BCUT2D eigenvalue weighted by Gasteiger charge is -2.32. The third-order valence-electron chi connectivity index (χ3n) is 2.69. The van der Waals surface area contributed by atoms with Crippen LogP contribution in [0.25, 0.3) is 0 Å². The summed E-state index contributed by atoms with van der Waals surface area (Å²) in [6.07, 6.45) is 0.361. The maximum atomic E-state index is 11.9. The number of amides is 1. The Labute approximate surface area is 136 Å². The number of allylic oxidation sites excluding steroid dienone is 2. The molecule has 0 bridgehead atoms. The number of ketones is 1. The molecule has 0 radical (unpaired) electrons. The molecule has 0 fully saturated rings. The van der Waals surface area contributed by atoms with Crippen LogP contribution in [0.4, 0.5) is 4.79 Å². The van der Waals surface area contributed by atoms with Crippen molar-refractivity contribution < 1.29 is 29.0 Å². The Kier molecular flexibility index (Phi) is 7.91. The predicted molar refractivity (Wildman–Crippen MR) is 83.4 cm³/mol. The third kappa shape index (κ3) is 7.25. The molecule has 8 nitrogen and oxygen atoms in total. The van der Waals surface area contributed by atoms with Gasteiger partial charge in [-0.15, -0.1) is 0 Å². The van der Waals surface area contributed by atoms with Crippen LogP contribution < -0.4 is 11.1 Å². The largest absolute Gasteiger partial charge is 0.466 e. The summed E-state index contributed by atoms with van der Waals surface area (Å²) < 4.78 is 9.51. The Morgan fingerprint density at radius 2 is 1.87 bits per heavy atom. The highest BCUT2D eigenvalue weighted by atomic mass is 16.6. The monoisotopic (exact) mass is 330 g/mol. The Morgan fingerprint density at radius 1 is 1.30 bits per heavy atom. The standard InChI is InChI=1S/C15H26N2O6/c1-6-7-8-10(18)9-11(19)15(16,12(20)22-5)17-13(21)23-14(2,3)4/h7-8,11,19H,6,9,16H2,1-5H3,(H,17,21)/t11-,15+/m1/s1. The number of carbonyl (C=O) groups is 3. The third-order valence-corrected chi connectivity index (χ3v) is 2.69. The molecule has 23 heavy (non-hydrogen) atoms. The lowest BCUT2D eigenvalue weighted by atomic mass is 9.98. The molecular weight excluding hydrogens is 304 g/mol. The van der Waals surface area contributed by atoms with Crippen molar-refractivity contribution in [1.29, 1.82) is 0 Å². The van der Waals surface area contributed by atoms with Gasteiger partial charge in [0.15, 0.2) is 5.78 Å². The number of nitrogens with one attached hydrogen (secondary N) is 1. The van der Waals surface area contributed by atoms with E-state index in [4.69, 9.17) is 10.5 Å². The average molecular weight is 330 g/mol. The molecule has 0 saturated heterocycles. The molecule has 0 aliphatic carbocycles. The number of carbonyl (C=O) groups excluding carboxylic acids is 3. The lowest BCUT2D eigenvalue weighted by Crippen LogP contribution is -2.69. The van der Waals surface area contributed by atoms with Gasteiger partial charge in [-0.25, -0.2) is 9.59 Å². The van der Waals surface area contributed by atoms with Crippen LogP contribution in [-0.2, 0) is 19.1 Å². The molecule has 132 valence electrons. The Morgan fingerprint density at radius 3 is 2.30 bits per heavy atom. The fourth-order valence-electron chi connectivity index (χ4n) is 1.58. The molecule has 0 spiro atoms. The number of aliphatic hydroxyl groups excluding tert-OH is 1. The number of methoxy groups -OCH3 is 1. The van der Waals surface area contributed by atoms with Gasteiger partial charge in [-0.3, -0.25) is 15.8 Å². The first-order valence-corrected chi connectivity index (χ1v) is 7.22. The van der Waals surface area contributed by atoms with Gasteiger partial charge in [0.2, 0.25) is 5.66 Å². The van der Waals surface area contributed by atoms with Crippen LogP contribution in [0.1, 0.15) is 40.5 Å². The van der Waals surface area contributed by atoms with Crippen molar-refractivity contribution in [1.82, 2.24) is 5.32 Å². The number of hydrogen-bond donors (Lipinski definition) is 3. The minimum absolute atomic E-state index is 0.441. The molecule has 4 N–H and O–H groups in total. The minimum atomic E-state index is -2.30. The number of esters is 1.